The summed E-state index contributed by atoms with van der Waals surface area (Å²) in [5.74, 6) is 1.14. The summed E-state index contributed by atoms with van der Waals surface area (Å²) in [7, 11) is 0. The topological polar surface area (TPSA) is 64.0 Å². The second-order valence-electron chi connectivity index (χ2n) is 7.53. The van der Waals surface area contributed by atoms with E-state index in [2.05, 4.69) is 23.3 Å². The van der Waals surface area contributed by atoms with Crippen LogP contribution in [0, 0.1) is 0 Å². The van der Waals surface area contributed by atoms with Crippen molar-refractivity contribution in [2.45, 2.75) is 53.6 Å². The molecule has 0 bridgehead atoms. The van der Waals surface area contributed by atoms with Crippen LogP contribution < -0.4 is 5.01 Å². The highest BCUT2D eigenvalue weighted by Crippen LogP contribution is 2.41. The fraction of sp³-hybridized carbons (Fsp3) is 0.346. The van der Waals surface area contributed by atoms with Crippen LogP contribution in [0.2, 0.25) is 0 Å². The van der Waals surface area contributed by atoms with Crippen molar-refractivity contribution in [3.05, 3.63) is 71.1 Å². The largest absolute Gasteiger partial charge is 0.491 e. The van der Waals surface area contributed by atoms with Gasteiger partial charge < -0.3 is 9.47 Å². The molecule has 0 aliphatic heterocycles. The molecule has 1 aromatic heterocycles. The maximum absolute atomic E-state index is 11.9. The molecule has 1 aromatic carbocycles. The van der Waals surface area contributed by atoms with E-state index in [1.807, 2.05) is 52.0 Å². The Morgan fingerprint density at radius 1 is 1.22 bits per heavy atom. The number of hydrazone groups is 1. The number of fused-ring (bicyclic) bond motifs is 1. The molecule has 1 heterocycles. The molecular weight excluding hydrogens is 402 g/mol. The summed E-state index contributed by atoms with van der Waals surface area (Å²) in [4.78, 5) is 16.8. The predicted molar refractivity (Wildman–Crippen MR) is 128 cm³/mol. The number of rotatable bonds is 8. The van der Waals surface area contributed by atoms with Gasteiger partial charge in [0.15, 0.2) is 5.82 Å². The molecule has 0 N–H and O–H groups in total. The van der Waals surface area contributed by atoms with E-state index in [0.717, 1.165) is 29.9 Å². The standard InChI is InChI=1S/C26H31N3O3/c1-6-19(5)32-23-16-15-20-11-9-12-21(26(20)23)22-13-10-14-24(28-22)29(27-7-2)18(4)17-25(30)31-8-3/h6-7,9-14,17,23H,8,15-16H2,1-5H3/b18-17+,19-6+,27-7-. The lowest BCUT2D eigenvalue weighted by Gasteiger charge is -2.21. The van der Waals surface area contributed by atoms with Gasteiger partial charge in [-0.15, -0.1) is 0 Å². The number of hydrogen-bond donors (Lipinski definition) is 0. The number of carbonyl (C=O) groups is 1. The number of pyridine rings is 1. The summed E-state index contributed by atoms with van der Waals surface area (Å²) in [5.41, 5.74) is 5.01. The van der Waals surface area contributed by atoms with Gasteiger partial charge in [0.05, 0.1) is 18.1 Å². The van der Waals surface area contributed by atoms with Crippen LogP contribution in [-0.4, -0.2) is 23.8 Å². The number of nitrogens with zero attached hydrogens (tertiary/aromatic N) is 3. The van der Waals surface area contributed by atoms with Crippen molar-refractivity contribution in [1.82, 2.24) is 4.98 Å². The predicted octanol–water partition coefficient (Wildman–Crippen LogP) is 5.96. The third kappa shape index (κ3) is 5.25. The molecule has 32 heavy (non-hydrogen) atoms. The molecule has 0 saturated carbocycles. The van der Waals surface area contributed by atoms with Crippen LogP contribution in [0.5, 0.6) is 0 Å². The Bertz CT molecular complexity index is 1060. The normalized spacial score (nSPS) is 16.2. The fourth-order valence-corrected chi connectivity index (χ4v) is 3.83. The molecule has 1 unspecified atom stereocenters. The lowest BCUT2D eigenvalue weighted by molar-refractivity contribution is -0.137. The Hall–Kier alpha value is -3.41. The average Bonchev–Trinajstić information content (AvgIpc) is 3.20. The molecule has 0 radical (unpaired) electrons. The zero-order valence-corrected chi connectivity index (χ0v) is 19.5. The molecule has 0 spiro atoms. The number of aromatic nitrogens is 1. The summed E-state index contributed by atoms with van der Waals surface area (Å²) in [6, 6.07) is 12.1. The lowest BCUT2D eigenvalue weighted by atomic mass is 9.99. The molecule has 2 aromatic rings. The molecule has 168 valence electrons. The van der Waals surface area contributed by atoms with Crippen molar-refractivity contribution >= 4 is 18.0 Å². The number of benzene rings is 1. The molecular formula is C26H31N3O3. The van der Waals surface area contributed by atoms with E-state index < -0.39 is 5.97 Å². The number of ether oxygens (including phenoxy) is 2. The van der Waals surface area contributed by atoms with Crippen molar-refractivity contribution < 1.29 is 14.3 Å². The van der Waals surface area contributed by atoms with Crippen LogP contribution in [0.25, 0.3) is 11.3 Å². The molecule has 6 nitrogen and oxygen atoms in total. The number of anilines is 1. The molecule has 0 saturated heterocycles. The highest BCUT2D eigenvalue weighted by molar-refractivity contribution is 5.83. The smallest absolute Gasteiger partial charge is 0.332 e. The summed E-state index contributed by atoms with van der Waals surface area (Å²) in [6.07, 6.45) is 7.02. The first-order valence-corrected chi connectivity index (χ1v) is 11.0. The summed E-state index contributed by atoms with van der Waals surface area (Å²) in [5, 5.41) is 6.06. The SMILES string of the molecule is C/C=N\N(/C(C)=C/C(=O)OCC)c1cccc(-c2cccc3c2C(O/C(C)=C/C)CC3)n1. The van der Waals surface area contributed by atoms with E-state index in [0.29, 0.717) is 18.1 Å². The minimum atomic E-state index is -0.405. The second-order valence-corrected chi connectivity index (χ2v) is 7.53. The summed E-state index contributed by atoms with van der Waals surface area (Å²) >= 11 is 0. The van der Waals surface area contributed by atoms with Crippen molar-refractivity contribution in [2.75, 3.05) is 11.6 Å². The van der Waals surface area contributed by atoms with E-state index in [1.165, 1.54) is 17.2 Å². The van der Waals surface area contributed by atoms with Gasteiger partial charge in [-0.3, -0.25) is 0 Å². The number of aryl methyl sites for hydroxylation is 1. The van der Waals surface area contributed by atoms with Crippen molar-refractivity contribution in [3.8, 4) is 11.3 Å². The van der Waals surface area contributed by atoms with E-state index in [9.17, 15) is 4.79 Å². The third-order valence-corrected chi connectivity index (χ3v) is 5.33. The van der Waals surface area contributed by atoms with E-state index in [4.69, 9.17) is 14.5 Å². The molecule has 1 atom stereocenters. The summed E-state index contributed by atoms with van der Waals surface area (Å²) < 4.78 is 11.2. The Morgan fingerprint density at radius 3 is 2.72 bits per heavy atom. The average molecular weight is 434 g/mol. The number of carbonyl (C=O) groups excluding carboxylic acids is 1. The molecule has 0 amide bonds. The maximum atomic E-state index is 11.9. The van der Waals surface area contributed by atoms with Crippen molar-refractivity contribution in [2.24, 2.45) is 5.10 Å². The number of allylic oxidation sites excluding steroid dienone is 3. The molecule has 6 heteroatoms. The van der Waals surface area contributed by atoms with Gasteiger partial charge in [-0.25, -0.2) is 14.8 Å². The quantitative estimate of drug-likeness (QED) is 0.169. The highest BCUT2D eigenvalue weighted by Gasteiger charge is 2.28. The Kier molecular flexibility index (Phi) is 7.82. The lowest BCUT2D eigenvalue weighted by Crippen LogP contribution is -2.17. The summed E-state index contributed by atoms with van der Waals surface area (Å²) in [6.45, 7) is 9.70. The van der Waals surface area contributed by atoms with E-state index in [1.54, 1.807) is 18.1 Å². The monoisotopic (exact) mass is 433 g/mol. The first-order chi connectivity index (χ1) is 15.5. The van der Waals surface area contributed by atoms with Gasteiger partial charge in [0.2, 0.25) is 0 Å². The number of esters is 1. The molecule has 1 aliphatic carbocycles. The molecule has 1 aliphatic rings. The van der Waals surface area contributed by atoms with Crippen molar-refractivity contribution in [1.29, 1.82) is 0 Å². The maximum Gasteiger partial charge on any atom is 0.332 e. The van der Waals surface area contributed by atoms with Gasteiger partial charge in [0.25, 0.3) is 0 Å². The Labute approximate surface area is 190 Å². The number of hydrogen-bond acceptors (Lipinski definition) is 6. The van der Waals surface area contributed by atoms with Gasteiger partial charge >= 0.3 is 5.97 Å². The third-order valence-electron chi connectivity index (χ3n) is 5.33. The van der Waals surface area contributed by atoms with Gasteiger partial charge in [-0.2, -0.15) is 5.10 Å². The first kappa shape index (κ1) is 23.3. The van der Waals surface area contributed by atoms with Gasteiger partial charge in [-0.1, -0.05) is 24.3 Å². The van der Waals surface area contributed by atoms with E-state index in [-0.39, 0.29) is 6.10 Å². The van der Waals surface area contributed by atoms with Crippen molar-refractivity contribution in [3.63, 3.8) is 0 Å². The van der Waals surface area contributed by atoms with Crippen LogP contribution in [-0.2, 0) is 20.7 Å². The van der Waals surface area contributed by atoms with Crippen LogP contribution in [0.4, 0.5) is 5.82 Å². The van der Waals surface area contributed by atoms with Crippen LogP contribution in [0.3, 0.4) is 0 Å². The van der Waals surface area contributed by atoms with Gasteiger partial charge in [-0.05, 0) is 71.2 Å². The Balaban J connectivity index is 2.01. The van der Waals surface area contributed by atoms with Crippen LogP contribution in [0.1, 0.15) is 58.3 Å². The van der Waals surface area contributed by atoms with Gasteiger partial charge in [0, 0.05) is 29.1 Å². The molecule has 0 fully saturated rings. The zero-order valence-electron chi connectivity index (χ0n) is 19.5. The highest BCUT2D eigenvalue weighted by atomic mass is 16.5. The zero-order chi connectivity index (χ0) is 23.1. The molecule has 3 rings (SSSR count). The minimum absolute atomic E-state index is 0.0121. The first-order valence-electron chi connectivity index (χ1n) is 11.0. The minimum Gasteiger partial charge on any atom is -0.491 e. The van der Waals surface area contributed by atoms with Crippen LogP contribution >= 0.6 is 0 Å². The van der Waals surface area contributed by atoms with Gasteiger partial charge in [0.1, 0.15) is 6.10 Å². The fourth-order valence-electron chi connectivity index (χ4n) is 3.83. The second kappa shape index (κ2) is 10.8. The Morgan fingerprint density at radius 2 is 2.00 bits per heavy atom. The van der Waals surface area contributed by atoms with E-state index >= 15 is 0 Å². The van der Waals surface area contributed by atoms with Crippen LogP contribution in [0.15, 0.2) is 65.1 Å².